The Morgan fingerprint density at radius 2 is 1.75 bits per heavy atom. The molecule has 7 nitrogen and oxygen atoms in total. The summed E-state index contributed by atoms with van der Waals surface area (Å²) in [5.41, 5.74) is 2.50. The Balaban J connectivity index is 1.50. The van der Waals surface area contributed by atoms with Gasteiger partial charge in [-0.05, 0) is 36.6 Å². The highest BCUT2D eigenvalue weighted by Crippen LogP contribution is 2.27. The van der Waals surface area contributed by atoms with Crippen LogP contribution in [-0.2, 0) is 0 Å². The van der Waals surface area contributed by atoms with Crippen molar-refractivity contribution in [2.75, 3.05) is 13.1 Å². The molecule has 1 aromatic carbocycles. The van der Waals surface area contributed by atoms with Crippen molar-refractivity contribution in [3.63, 3.8) is 0 Å². The second-order valence-corrected chi connectivity index (χ2v) is 6.86. The van der Waals surface area contributed by atoms with Crippen molar-refractivity contribution in [3.05, 3.63) is 49.1 Å². The van der Waals surface area contributed by atoms with Gasteiger partial charge in [-0.3, -0.25) is 4.98 Å². The van der Waals surface area contributed by atoms with E-state index in [4.69, 9.17) is 9.15 Å². The van der Waals surface area contributed by atoms with Gasteiger partial charge in [0, 0.05) is 31.0 Å². The van der Waals surface area contributed by atoms with Crippen LogP contribution in [-0.4, -0.2) is 39.3 Å². The van der Waals surface area contributed by atoms with Crippen molar-refractivity contribution in [2.45, 2.75) is 32.1 Å². The zero-order valence-electron chi connectivity index (χ0n) is 15.6. The van der Waals surface area contributed by atoms with E-state index in [1.807, 2.05) is 29.2 Å². The molecule has 1 aliphatic heterocycles. The van der Waals surface area contributed by atoms with E-state index in [0.717, 1.165) is 42.6 Å². The van der Waals surface area contributed by atoms with E-state index in [9.17, 15) is 4.79 Å². The van der Waals surface area contributed by atoms with Gasteiger partial charge in [0.2, 0.25) is 12.3 Å². The highest BCUT2D eigenvalue weighted by Gasteiger charge is 2.17. The normalized spacial score (nSPS) is 14.9. The van der Waals surface area contributed by atoms with E-state index in [-0.39, 0.29) is 6.09 Å². The molecule has 7 heteroatoms. The minimum Gasteiger partial charge on any atom is -0.423 e. The maximum atomic E-state index is 12.6. The van der Waals surface area contributed by atoms with Gasteiger partial charge in [-0.2, -0.15) is 0 Å². The van der Waals surface area contributed by atoms with Gasteiger partial charge in [0.25, 0.3) is 0 Å². The fourth-order valence-corrected chi connectivity index (χ4v) is 3.35. The third-order valence-electron chi connectivity index (χ3n) is 4.83. The molecule has 0 saturated carbocycles. The van der Waals surface area contributed by atoms with Gasteiger partial charge >= 0.3 is 6.09 Å². The minimum absolute atomic E-state index is 0.281. The van der Waals surface area contributed by atoms with Crippen LogP contribution in [0.3, 0.4) is 0 Å². The first-order chi connectivity index (χ1) is 13.8. The predicted octanol–water partition coefficient (Wildman–Crippen LogP) is 4.56. The molecule has 1 saturated heterocycles. The van der Waals surface area contributed by atoms with Crippen LogP contribution in [0.4, 0.5) is 4.79 Å². The van der Waals surface area contributed by atoms with Crippen LogP contribution in [0.15, 0.2) is 53.5 Å². The summed E-state index contributed by atoms with van der Waals surface area (Å²) in [5, 5.41) is 7.61. The Hall–Kier alpha value is -3.22. The molecule has 3 aromatic rings. The average Bonchev–Trinajstić information content (AvgIpc) is 3.23. The highest BCUT2D eigenvalue weighted by molar-refractivity contribution is 5.73. The number of likely N-dealkylation sites (tertiary alicyclic amines) is 1. The lowest BCUT2D eigenvalue weighted by atomic mass is 10.1. The molecule has 144 valence electrons. The number of amides is 1. The van der Waals surface area contributed by atoms with Crippen molar-refractivity contribution >= 4 is 6.09 Å². The Bertz CT molecular complexity index is 919. The van der Waals surface area contributed by atoms with Crippen molar-refractivity contribution in [1.82, 2.24) is 20.1 Å². The van der Waals surface area contributed by atoms with Crippen LogP contribution in [0.2, 0.25) is 0 Å². The molecule has 28 heavy (non-hydrogen) atoms. The number of pyridine rings is 1. The predicted molar refractivity (Wildman–Crippen MR) is 104 cm³/mol. The SMILES string of the molecule is O=C(Oc1cccc(-c2cncc(-c3nnco3)c2)c1)N1CCCCCCC1. The molecule has 1 fully saturated rings. The fraction of sp³-hybridized carbons (Fsp3) is 0.333. The second-order valence-electron chi connectivity index (χ2n) is 6.86. The largest absolute Gasteiger partial charge is 0.423 e. The first kappa shape index (κ1) is 18.2. The summed E-state index contributed by atoms with van der Waals surface area (Å²) in [4.78, 5) is 18.6. The molecule has 0 spiro atoms. The van der Waals surface area contributed by atoms with E-state index in [0.29, 0.717) is 11.6 Å². The maximum absolute atomic E-state index is 12.6. The van der Waals surface area contributed by atoms with Gasteiger partial charge in [-0.25, -0.2) is 4.79 Å². The van der Waals surface area contributed by atoms with Gasteiger partial charge in [0.05, 0.1) is 5.56 Å². The third kappa shape index (κ3) is 4.36. The first-order valence-electron chi connectivity index (χ1n) is 9.58. The van der Waals surface area contributed by atoms with E-state index in [1.165, 1.54) is 25.7 Å². The third-order valence-corrected chi connectivity index (χ3v) is 4.83. The topological polar surface area (TPSA) is 81.3 Å². The fourth-order valence-electron chi connectivity index (χ4n) is 3.35. The lowest BCUT2D eigenvalue weighted by Crippen LogP contribution is -2.36. The molecule has 1 amide bonds. The molecule has 0 unspecified atom stereocenters. The maximum Gasteiger partial charge on any atom is 0.415 e. The second kappa shape index (κ2) is 8.65. The lowest BCUT2D eigenvalue weighted by Gasteiger charge is -2.24. The van der Waals surface area contributed by atoms with Gasteiger partial charge in [-0.1, -0.05) is 31.4 Å². The summed E-state index contributed by atoms with van der Waals surface area (Å²) in [7, 11) is 0. The van der Waals surface area contributed by atoms with Gasteiger partial charge < -0.3 is 14.1 Å². The van der Waals surface area contributed by atoms with E-state index in [1.54, 1.807) is 18.5 Å². The molecular formula is C21H22N4O3. The molecule has 3 heterocycles. The summed E-state index contributed by atoms with van der Waals surface area (Å²) >= 11 is 0. The number of aromatic nitrogens is 3. The monoisotopic (exact) mass is 378 g/mol. The summed E-state index contributed by atoms with van der Waals surface area (Å²) in [6.07, 6.45) is 10.1. The zero-order chi connectivity index (χ0) is 19.2. The van der Waals surface area contributed by atoms with Gasteiger partial charge in [-0.15, -0.1) is 10.2 Å². The summed E-state index contributed by atoms with van der Waals surface area (Å²) < 4.78 is 10.9. The Morgan fingerprint density at radius 3 is 2.54 bits per heavy atom. The molecule has 1 aliphatic rings. The van der Waals surface area contributed by atoms with Crippen LogP contribution in [0, 0.1) is 0 Å². The Kier molecular flexibility index (Phi) is 5.61. The Labute approximate surface area is 163 Å². The van der Waals surface area contributed by atoms with Crippen LogP contribution in [0.5, 0.6) is 5.75 Å². The molecule has 0 bridgehead atoms. The minimum atomic E-state index is -0.281. The molecule has 2 aromatic heterocycles. The number of benzene rings is 1. The van der Waals surface area contributed by atoms with Gasteiger partial charge in [0.15, 0.2) is 0 Å². The number of ether oxygens (including phenoxy) is 1. The summed E-state index contributed by atoms with van der Waals surface area (Å²) in [6, 6.07) is 9.36. The number of hydrogen-bond acceptors (Lipinski definition) is 6. The Morgan fingerprint density at radius 1 is 0.964 bits per heavy atom. The molecule has 0 N–H and O–H groups in total. The smallest absolute Gasteiger partial charge is 0.415 e. The van der Waals surface area contributed by atoms with E-state index in [2.05, 4.69) is 15.2 Å². The van der Waals surface area contributed by atoms with Crippen LogP contribution < -0.4 is 4.74 Å². The molecule has 0 radical (unpaired) electrons. The molecule has 0 aliphatic carbocycles. The average molecular weight is 378 g/mol. The van der Waals surface area contributed by atoms with Crippen molar-refractivity contribution in [2.24, 2.45) is 0 Å². The standard InChI is InChI=1S/C21H22N4O3/c26-21(25-9-4-2-1-3-5-10-25)28-19-8-6-7-16(12-19)17-11-18(14-22-13-17)20-24-23-15-27-20/h6-8,11-15H,1-5,9-10H2. The van der Waals surface area contributed by atoms with Crippen molar-refractivity contribution in [3.8, 4) is 28.3 Å². The zero-order valence-corrected chi connectivity index (χ0v) is 15.6. The van der Waals surface area contributed by atoms with Crippen LogP contribution >= 0.6 is 0 Å². The van der Waals surface area contributed by atoms with Crippen LogP contribution in [0.1, 0.15) is 32.1 Å². The molecule has 4 rings (SSSR count). The molecular weight excluding hydrogens is 356 g/mol. The van der Waals surface area contributed by atoms with Crippen molar-refractivity contribution < 1.29 is 13.9 Å². The number of rotatable bonds is 3. The lowest BCUT2D eigenvalue weighted by molar-refractivity contribution is 0.147. The summed E-state index contributed by atoms with van der Waals surface area (Å²) in [5.74, 6) is 0.932. The highest BCUT2D eigenvalue weighted by atomic mass is 16.6. The summed E-state index contributed by atoms with van der Waals surface area (Å²) in [6.45, 7) is 1.52. The number of carbonyl (C=O) groups is 1. The van der Waals surface area contributed by atoms with Crippen LogP contribution in [0.25, 0.3) is 22.6 Å². The van der Waals surface area contributed by atoms with E-state index < -0.39 is 0 Å². The quantitative estimate of drug-likeness (QED) is 0.664. The number of hydrogen-bond donors (Lipinski definition) is 0. The first-order valence-corrected chi connectivity index (χ1v) is 9.58. The van der Waals surface area contributed by atoms with Crippen molar-refractivity contribution in [1.29, 1.82) is 0 Å². The van der Waals surface area contributed by atoms with Gasteiger partial charge in [0.1, 0.15) is 5.75 Å². The van der Waals surface area contributed by atoms with E-state index >= 15 is 0 Å². The molecule has 0 atom stereocenters. The number of carbonyl (C=O) groups excluding carboxylic acids is 1. The number of nitrogens with zero attached hydrogens (tertiary/aromatic N) is 4.